The summed E-state index contributed by atoms with van der Waals surface area (Å²) in [6.07, 6.45) is -0.652. The Kier molecular flexibility index (Phi) is 5.53. The Bertz CT molecular complexity index is 518. The summed E-state index contributed by atoms with van der Waals surface area (Å²) in [6, 6.07) is 7.21. The van der Waals surface area contributed by atoms with Gasteiger partial charge in [-0.1, -0.05) is 6.07 Å². The van der Waals surface area contributed by atoms with Crippen molar-refractivity contribution in [2.75, 3.05) is 32.1 Å². The van der Waals surface area contributed by atoms with Crippen LogP contribution in [0.3, 0.4) is 0 Å². The molecule has 0 unspecified atom stereocenters. The Morgan fingerprint density at radius 3 is 2.55 bits per heavy atom. The first-order valence-corrected chi connectivity index (χ1v) is 6.57. The minimum absolute atomic E-state index is 0.0225. The zero-order chi connectivity index (χ0) is 15.3. The summed E-state index contributed by atoms with van der Waals surface area (Å²) in [5, 5.41) is 18.9. The molecule has 108 valence electrons. The third-order valence-electron chi connectivity index (χ3n) is 3.16. The van der Waals surface area contributed by atoms with Crippen molar-refractivity contribution in [2.45, 2.75) is 20.0 Å². The number of likely N-dealkylation sites (N-methyl/N-ethyl adjacent to an activating group) is 2. The first-order chi connectivity index (χ1) is 9.40. The molecule has 0 aromatic heterocycles. The first kappa shape index (κ1) is 16.0. The number of aliphatic hydroxyl groups excluding tert-OH is 1. The van der Waals surface area contributed by atoms with Crippen molar-refractivity contribution < 1.29 is 9.90 Å². The van der Waals surface area contributed by atoms with Gasteiger partial charge in [-0.05, 0) is 26.0 Å². The Morgan fingerprint density at radius 2 is 2.10 bits per heavy atom. The van der Waals surface area contributed by atoms with E-state index in [-0.39, 0.29) is 12.5 Å². The van der Waals surface area contributed by atoms with E-state index in [1.807, 2.05) is 11.8 Å². The lowest BCUT2D eigenvalue weighted by Gasteiger charge is -2.27. The Labute approximate surface area is 120 Å². The summed E-state index contributed by atoms with van der Waals surface area (Å²) < 4.78 is 0. The van der Waals surface area contributed by atoms with E-state index in [9.17, 15) is 9.90 Å². The molecule has 1 atom stereocenters. The summed E-state index contributed by atoms with van der Waals surface area (Å²) in [5.74, 6) is -0.0225. The van der Waals surface area contributed by atoms with Gasteiger partial charge in [0.25, 0.3) is 0 Å². The number of nitriles is 1. The van der Waals surface area contributed by atoms with Crippen molar-refractivity contribution in [3.8, 4) is 6.07 Å². The number of benzene rings is 1. The SMILES string of the molecule is CCN(CC(=O)N(C)C)c1cc(C#N)ccc1[C@H](C)O. The van der Waals surface area contributed by atoms with Crippen LogP contribution >= 0.6 is 0 Å². The van der Waals surface area contributed by atoms with Crippen LogP contribution in [0.2, 0.25) is 0 Å². The molecule has 0 bridgehead atoms. The minimum atomic E-state index is -0.652. The van der Waals surface area contributed by atoms with Gasteiger partial charge in [0.15, 0.2) is 0 Å². The van der Waals surface area contributed by atoms with E-state index < -0.39 is 6.10 Å². The number of carbonyl (C=O) groups is 1. The van der Waals surface area contributed by atoms with Gasteiger partial charge >= 0.3 is 0 Å². The summed E-state index contributed by atoms with van der Waals surface area (Å²) in [6.45, 7) is 4.45. The number of anilines is 1. The van der Waals surface area contributed by atoms with Gasteiger partial charge in [0, 0.05) is 31.9 Å². The number of nitrogens with zero attached hydrogens (tertiary/aromatic N) is 3. The van der Waals surface area contributed by atoms with Crippen LogP contribution < -0.4 is 4.90 Å². The average molecular weight is 275 g/mol. The highest BCUT2D eigenvalue weighted by Gasteiger charge is 2.17. The van der Waals surface area contributed by atoms with Crippen LogP contribution in [0.15, 0.2) is 18.2 Å². The smallest absolute Gasteiger partial charge is 0.241 e. The second kappa shape index (κ2) is 6.92. The molecule has 0 spiro atoms. The largest absolute Gasteiger partial charge is 0.389 e. The van der Waals surface area contributed by atoms with Crippen molar-refractivity contribution in [1.82, 2.24) is 4.90 Å². The number of aliphatic hydroxyl groups is 1. The third kappa shape index (κ3) is 3.72. The van der Waals surface area contributed by atoms with Gasteiger partial charge in [-0.2, -0.15) is 5.26 Å². The van der Waals surface area contributed by atoms with Crippen LogP contribution in [-0.4, -0.2) is 43.1 Å². The Hall–Kier alpha value is -2.06. The summed E-state index contributed by atoms with van der Waals surface area (Å²) in [7, 11) is 3.41. The molecular weight excluding hydrogens is 254 g/mol. The fraction of sp³-hybridized carbons (Fsp3) is 0.467. The lowest BCUT2D eigenvalue weighted by Crippen LogP contribution is -2.37. The van der Waals surface area contributed by atoms with Gasteiger partial charge in [-0.15, -0.1) is 0 Å². The van der Waals surface area contributed by atoms with Crippen LogP contribution in [0.25, 0.3) is 0 Å². The lowest BCUT2D eigenvalue weighted by atomic mass is 10.0. The minimum Gasteiger partial charge on any atom is -0.389 e. The maximum Gasteiger partial charge on any atom is 0.241 e. The van der Waals surface area contributed by atoms with Gasteiger partial charge in [0.1, 0.15) is 0 Å². The maximum absolute atomic E-state index is 11.9. The maximum atomic E-state index is 11.9. The number of amides is 1. The molecule has 0 fully saturated rings. The lowest BCUT2D eigenvalue weighted by molar-refractivity contribution is -0.127. The molecule has 1 rings (SSSR count). The molecule has 1 N–H and O–H groups in total. The number of carbonyl (C=O) groups excluding carboxylic acids is 1. The van der Waals surface area contributed by atoms with Crippen molar-refractivity contribution in [3.63, 3.8) is 0 Å². The highest BCUT2D eigenvalue weighted by molar-refractivity contribution is 5.81. The zero-order valence-corrected chi connectivity index (χ0v) is 12.4. The van der Waals surface area contributed by atoms with Crippen molar-refractivity contribution >= 4 is 11.6 Å². The number of hydrogen-bond donors (Lipinski definition) is 1. The van der Waals surface area contributed by atoms with Crippen LogP contribution in [-0.2, 0) is 4.79 Å². The van der Waals surface area contributed by atoms with Crippen LogP contribution in [0.4, 0.5) is 5.69 Å². The van der Waals surface area contributed by atoms with E-state index in [2.05, 4.69) is 6.07 Å². The fourth-order valence-electron chi connectivity index (χ4n) is 1.91. The van der Waals surface area contributed by atoms with E-state index >= 15 is 0 Å². The first-order valence-electron chi connectivity index (χ1n) is 6.57. The highest BCUT2D eigenvalue weighted by Crippen LogP contribution is 2.27. The van der Waals surface area contributed by atoms with E-state index in [0.29, 0.717) is 12.1 Å². The summed E-state index contributed by atoms with van der Waals surface area (Å²) in [4.78, 5) is 15.3. The fourth-order valence-corrected chi connectivity index (χ4v) is 1.91. The van der Waals surface area contributed by atoms with E-state index in [1.165, 1.54) is 4.90 Å². The van der Waals surface area contributed by atoms with Gasteiger partial charge in [0.2, 0.25) is 5.91 Å². The van der Waals surface area contributed by atoms with E-state index in [4.69, 9.17) is 5.26 Å². The van der Waals surface area contributed by atoms with Crippen LogP contribution in [0.1, 0.15) is 31.1 Å². The van der Waals surface area contributed by atoms with E-state index in [1.54, 1.807) is 39.2 Å². The van der Waals surface area contributed by atoms with Crippen molar-refractivity contribution in [3.05, 3.63) is 29.3 Å². The molecule has 0 radical (unpaired) electrons. The Morgan fingerprint density at radius 1 is 1.45 bits per heavy atom. The predicted octanol–water partition coefficient (Wildman–Crippen LogP) is 1.53. The molecular formula is C15H21N3O2. The second-order valence-electron chi connectivity index (χ2n) is 4.86. The van der Waals surface area contributed by atoms with Crippen molar-refractivity contribution in [2.24, 2.45) is 0 Å². The summed E-state index contributed by atoms with van der Waals surface area (Å²) in [5.41, 5.74) is 1.97. The molecule has 0 heterocycles. The molecule has 5 heteroatoms. The molecule has 20 heavy (non-hydrogen) atoms. The van der Waals surface area contributed by atoms with Crippen LogP contribution in [0.5, 0.6) is 0 Å². The van der Waals surface area contributed by atoms with Crippen molar-refractivity contribution in [1.29, 1.82) is 5.26 Å². The standard InChI is InChI=1S/C15H21N3O2/c1-5-18(10-15(20)17(3)4)14-8-12(9-16)6-7-13(14)11(2)19/h6-8,11,19H,5,10H2,1-4H3/t11-/m0/s1. The molecule has 0 aliphatic heterocycles. The quantitative estimate of drug-likeness (QED) is 0.885. The molecule has 0 saturated carbocycles. The monoisotopic (exact) mass is 275 g/mol. The molecule has 1 amide bonds. The highest BCUT2D eigenvalue weighted by atomic mass is 16.3. The van der Waals surface area contributed by atoms with Gasteiger partial charge in [-0.3, -0.25) is 4.79 Å². The number of hydrogen-bond acceptors (Lipinski definition) is 4. The van der Waals surface area contributed by atoms with Gasteiger partial charge in [-0.25, -0.2) is 0 Å². The zero-order valence-electron chi connectivity index (χ0n) is 12.4. The van der Waals surface area contributed by atoms with E-state index in [0.717, 1.165) is 11.3 Å². The normalized spacial score (nSPS) is 11.6. The Balaban J connectivity index is 3.18. The predicted molar refractivity (Wildman–Crippen MR) is 78.4 cm³/mol. The third-order valence-corrected chi connectivity index (χ3v) is 3.16. The molecule has 0 saturated heterocycles. The summed E-state index contributed by atoms with van der Waals surface area (Å²) >= 11 is 0. The van der Waals surface area contributed by atoms with Crippen LogP contribution in [0, 0.1) is 11.3 Å². The topological polar surface area (TPSA) is 67.6 Å². The molecule has 5 nitrogen and oxygen atoms in total. The number of rotatable bonds is 5. The molecule has 0 aliphatic rings. The van der Waals surface area contributed by atoms with Gasteiger partial charge in [0.05, 0.1) is 24.3 Å². The molecule has 0 aliphatic carbocycles. The second-order valence-corrected chi connectivity index (χ2v) is 4.86. The molecule has 1 aromatic carbocycles. The van der Waals surface area contributed by atoms with Gasteiger partial charge < -0.3 is 14.9 Å². The average Bonchev–Trinajstić information content (AvgIpc) is 2.43. The molecule has 1 aromatic rings.